The van der Waals surface area contributed by atoms with Crippen LogP contribution >= 0.6 is 0 Å². The molecule has 0 bridgehead atoms. The summed E-state index contributed by atoms with van der Waals surface area (Å²) in [6, 6.07) is 12.6. The van der Waals surface area contributed by atoms with Crippen LogP contribution in [0.4, 0.5) is 5.69 Å². The predicted molar refractivity (Wildman–Crippen MR) is 112 cm³/mol. The molecule has 1 heterocycles. The van der Waals surface area contributed by atoms with Gasteiger partial charge in [-0.2, -0.15) is 0 Å². The van der Waals surface area contributed by atoms with Crippen LogP contribution in [-0.4, -0.2) is 23.3 Å². The lowest BCUT2D eigenvalue weighted by Crippen LogP contribution is -2.26. The van der Waals surface area contributed by atoms with E-state index in [9.17, 15) is 9.59 Å². The van der Waals surface area contributed by atoms with E-state index in [1.54, 1.807) is 18.2 Å². The van der Waals surface area contributed by atoms with Gasteiger partial charge in [0, 0.05) is 12.2 Å². The quantitative estimate of drug-likeness (QED) is 0.697. The fourth-order valence-electron chi connectivity index (χ4n) is 3.38. The molecule has 0 fully saturated rings. The first kappa shape index (κ1) is 19.8. The summed E-state index contributed by atoms with van der Waals surface area (Å²) >= 11 is 0. The Morgan fingerprint density at radius 1 is 1.00 bits per heavy atom. The zero-order valence-corrected chi connectivity index (χ0v) is 16.3. The van der Waals surface area contributed by atoms with Crippen molar-refractivity contribution in [3.8, 4) is 0 Å². The van der Waals surface area contributed by atoms with Gasteiger partial charge in [-0.3, -0.25) is 9.59 Å². The Morgan fingerprint density at radius 3 is 2.54 bits per heavy atom. The summed E-state index contributed by atoms with van der Waals surface area (Å²) in [5.41, 5.74) is 3.74. The van der Waals surface area contributed by atoms with Crippen LogP contribution in [0.2, 0.25) is 0 Å². The molecular weight excluding hydrogens is 350 g/mol. The molecule has 5 heteroatoms. The second-order valence-electron chi connectivity index (χ2n) is 6.99. The highest BCUT2D eigenvalue weighted by Gasteiger charge is 2.14. The van der Waals surface area contributed by atoms with E-state index in [-0.39, 0.29) is 23.2 Å². The van der Waals surface area contributed by atoms with Crippen LogP contribution in [0.3, 0.4) is 0 Å². The molecule has 28 heavy (non-hydrogen) atoms. The van der Waals surface area contributed by atoms with Crippen LogP contribution in [0, 0.1) is 0 Å². The number of carbonyl (C=O) groups is 2. The van der Waals surface area contributed by atoms with Gasteiger partial charge in [-0.15, -0.1) is 0 Å². The van der Waals surface area contributed by atoms with Crippen LogP contribution in [-0.2, 0) is 6.42 Å². The molecule has 1 aromatic heterocycles. The van der Waals surface area contributed by atoms with E-state index in [0.29, 0.717) is 6.54 Å². The van der Waals surface area contributed by atoms with E-state index in [4.69, 9.17) is 0 Å². The second kappa shape index (κ2) is 9.83. The van der Waals surface area contributed by atoms with Crippen LogP contribution in [0.25, 0.3) is 0 Å². The highest BCUT2D eigenvalue weighted by Crippen LogP contribution is 2.19. The molecule has 1 aromatic carbocycles. The molecule has 0 aliphatic heterocycles. The van der Waals surface area contributed by atoms with E-state index in [1.807, 2.05) is 31.2 Å². The number of aryl methyl sites for hydroxylation is 1. The third-order valence-corrected chi connectivity index (χ3v) is 4.98. The fraction of sp³-hybridized carbons (Fsp3) is 0.348. The Balaban J connectivity index is 1.60. The Bertz CT molecular complexity index is 874. The van der Waals surface area contributed by atoms with Gasteiger partial charge in [0.2, 0.25) is 0 Å². The Hall–Kier alpha value is -2.95. The van der Waals surface area contributed by atoms with E-state index >= 15 is 0 Å². The number of pyridine rings is 1. The summed E-state index contributed by atoms with van der Waals surface area (Å²) in [7, 11) is 0. The molecule has 5 nitrogen and oxygen atoms in total. The smallest absolute Gasteiger partial charge is 0.274 e. The third kappa shape index (κ3) is 5.28. The van der Waals surface area contributed by atoms with Crippen molar-refractivity contribution in [2.45, 2.75) is 45.4 Å². The maximum absolute atomic E-state index is 12.6. The second-order valence-corrected chi connectivity index (χ2v) is 6.99. The molecule has 0 saturated carbocycles. The molecule has 3 rings (SSSR count). The summed E-state index contributed by atoms with van der Waals surface area (Å²) in [6.07, 6.45) is 8.75. The number of rotatable bonds is 7. The molecule has 1 aliphatic carbocycles. The van der Waals surface area contributed by atoms with Crippen molar-refractivity contribution in [2.75, 3.05) is 11.9 Å². The lowest BCUT2D eigenvalue weighted by Gasteiger charge is -2.13. The van der Waals surface area contributed by atoms with Crippen molar-refractivity contribution in [3.63, 3.8) is 0 Å². The number of nitrogens with one attached hydrogen (secondary N) is 2. The Morgan fingerprint density at radius 2 is 1.79 bits per heavy atom. The number of para-hydroxylation sites is 1. The van der Waals surface area contributed by atoms with Crippen molar-refractivity contribution < 1.29 is 9.59 Å². The largest absolute Gasteiger partial charge is 0.350 e. The zero-order chi connectivity index (χ0) is 19.8. The van der Waals surface area contributed by atoms with Gasteiger partial charge in [-0.1, -0.05) is 42.8 Å². The molecule has 0 spiro atoms. The van der Waals surface area contributed by atoms with E-state index < -0.39 is 0 Å². The molecule has 0 unspecified atom stereocenters. The number of aromatic nitrogens is 1. The average molecular weight is 377 g/mol. The first-order valence-electron chi connectivity index (χ1n) is 10.00. The van der Waals surface area contributed by atoms with Crippen LogP contribution < -0.4 is 10.6 Å². The van der Waals surface area contributed by atoms with Crippen molar-refractivity contribution >= 4 is 17.5 Å². The highest BCUT2D eigenvalue weighted by molar-refractivity contribution is 6.04. The van der Waals surface area contributed by atoms with Crippen molar-refractivity contribution in [1.82, 2.24) is 10.3 Å². The molecule has 2 N–H and O–H groups in total. The Labute approximate surface area is 166 Å². The number of carbonyl (C=O) groups excluding carboxylic acids is 2. The Kier molecular flexibility index (Phi) is 6.95. The number of hydrogen-bond donors (Lipinski definition) is 2. The molecule has 0 saturated heterocycles. The first-order chi connectivity index (χ1) is 13.7. The minimum Gasteiger partial charge on any atom is -0.350 e. The number of amides is 2. The lowest BCUT2D eigenvalue weighted by molar-refractivity contribution is 0.0949. The van der Waals surface area contributed by atoms with Crippen LogP contribution in [0.5, 0.6) is 0 Å². The molecular formula is C23H27N3O2. The maximum atomic E-state index is 12.6. The van der Waals surface area contributed by atoms with Crippen molar-refractivity contribution in [3.05, 3.63) is 71.1 Å². The molecule has 0 atom stereocenters. The summed E-state index contributed by atoms with van der Waals surface area (Å²) in [5.74, 6) is -0.567. The third-order valence-electron chi connectivity index (χ3n) is 4.98. The monoisotopic (exact) mass is 377 g/mol. The fourth-order valence-corrected chi connectivity index (χ4v) is 3.38. The summed E-state index contributed by atoms with van der Waals surface area (Å²) < 4.78 is 0. The van der Waals surface area contributed by atoms with Gasteiger partial charge in [0.15, 0.2) is 0 Å². The van der Waals surface area contributed by atoms with Gasteiger partial charge in [0.05, 0.1) is 0 Å². The van der Waals surface area contributed by atoms with Crippen molar-refractivity contribution in [1.29, 1.82) is 0 Å². The number of allylic oxidation sites excluding steroid dienone is 1. The van der Waals surface area contributed by atoms with Crippen LogP contribution in [0.15, 0.2) is 54.1 Å². The SMILES string of the molecule is CCc1ccccc1NC(=O)c1cccc(C(=O)NCCC2=CCCCC2)n1. The van der Waals surface area contributed by atoms with E-state index in [2.05, 4.69) is 21.7 Å². The predicted octanol–water partition coefficient (Wildman–Crippen LogP) is 4.52. The lowest BCUT2D eigenvalue weighted by atomic mass is 9.97. The van der Waals surface area contributed by atoms with Gasteiger partial charge in [-0.25, -0.2) is 4.98 Å². The minimum absolute atomic E-state index is 0.230. The van der Waals surface area contributed by atoms with Crippen molar-refractivity contribution in [2.24, 2.45) is 0 Å². The van der Waals surface area contributed by atoms with Gasteiger partial charge in [-0.05, 0) is 62.3 Å². The normalized spacial score (nSPS) is 13.5. The number of anilines is 1. The topological polar surface area (TPSA) is 71.1 Å². The van der Waals surface area contributed by atoms with Crippen LogP contribution in [0.1, 0.15) is 65.6 Å². The summed E-state index contributed by atoms with van der Waals surface area (Å²) in [5, 5.41) is 5.80. The van der Waals surface area contributed by atoms with E-state index in [1.165, 1.54) is 18.4 Å². The zero-order valence-electron chi connectivity index (χ0n) is 16.3. The minimum atomic E-state index is -0.317. The van der Waals surface area contributed by atoms with Gasteiger partial charge in [0.1, 0.15) is 11.4 Å². The molecule has 146 valence electrons. The molecule has 2 amide bonds. The number of hydrogen-bond acceptors (Lipinski definition) is 3. The van der Waals surface area contributed by atoms with E-state index in [0.717, 1.165) is 36.9 Å². The summed E-state index contributed by atoms with van der Waals surface area (Å²) in [4.78, 5) is 29.2. The molecule has 0 radical (unpaired) electrons. The maximum Gasteiger partial charge on any atom is 0.274 e. The van der Waals surface area contributed by atoms with Gasteiger partial charge >= 0.3 is 0 Å². The average Bonchev–Trinajstić information content (AvgIpc) is 2.75. The number of benzene rings is 1. The molecule has 2 aromatic rings. The number of nitrogens with zero attached hydrogens (tertiary/aromatic N) is 1. The van der Waals surface area contributed by atoms with Gasteiger partial charge < -0.3 is 10.6 Å². The first-order valence-corrected chi connectivity index (χ1v) is 10.00. The standard InChI is InChI=1S/C23H27N3O2/c1-2-18-11-6-7-12-19(18)26-23(28)21-14-8-13-20(25-21)22(27)24-16-15-17-9-4-3-5-10-17/h6-9,11-14H,2-5,10,15-16H2,1H3,(H,24,27)(H,26,28). The molecule has 1 aliphatic rings. The van der Waals surface area contributed by atoms with Gasteiger partial charge in [0.25, 0.3) is 11.8 Å². The summed E-state index contributed by atoms with van der Waals surface area (Å²) in [6.45, 7) is 2.63. The highest BCUT2D eigenvalue weighted by atomic mass is 16.2.